The number of hydrogen-bond donors (Lipinski definition) is 3. The van der Waals surface area contributed by atoms with Gasteiger partial charge in [0, 0.05) is 19.2 Å². The normalized spacial score (nSPS) is 10.2. The number of carbonyl (C=O) groups is 1. The molecular weight excluding hydrogens is 356 g/mol. The standard InChI is InChI=1S/C15H14BrClN2O2/c1-18-15(21)10-3-4-12(17)13(7-10)19-8-9-2-5-14(20)11(16)6-9/h2-7,19-20H,8H2,1H3,(H,18,21). The van der Waals surface area contributed by atoms with E-state index < -0.39 is 0 Å². The molecule has 1 amide bonds. The Morgan fingerprint density at radius 3 is 2.71 bits per heavy atom. The summed E-state index contributed by atoms with van der Waals surface area (Å²) in [4.78, 5) is 11.6. The molecule has 0 aromatic heterocycles. The first-order chi connectivity index (χ1) is 10.0. The molecule has 3 N–H and O–H groups in total. The molecule has 0 aliphatic carbocycles. The number of rotatable bonds is 4. The monoisotopic (exact) mass is 368 g/mol. The van der Waals surface area contributed by atoms with Crippen molar-refractivity contribution in [2.75, 3.05) is 12.4 Å². The Labute approximate surface area is 136 Å². The zero-order valence-corrected chi connectivity index (χ0v) is 13.6. The highest BCUT2D eigenvalue weighted by molar-refractivity contribution is 9.10. The van der Waals surface area contributed by atoms with Crippen molar-refractivity contribution in [1.82, 2.24) is 5.32 Å². The van der Waals surface area contributed by atoms with Crippen LogP contribution in [-0.2, 0) is 6.54 Å². The van der Waals surface area contributed by atoms with E-state index in [9.17, 15) is 9.90 Å². The van der Waals surface area contributed by atoms with E-state index in [-0.39, 0.29) is 11.7 Å². The highest BCUT2D eigenvalue weighted by atomic mass is 79.9. The minimum absolute atomic E-state index is 0.165. The molecule has 0 unspecified atom stereocenters. The lowest BCUT2D eigenvalue weighted by atomic mass is 10.1. The van der Waals surface area contributed by atoms with Gasteiger partial charge in [-0.1, -0.05) is 17.7 Å². The van der Waals surface area contributed by atoms with Crippen LogP contribution in [0.15, 0.2) is 40.9 Å². The quantitative estimate of drug-likeness (QED) is 0.768. The van der Waals surface area contributed by atoms with Gasteiger partial charge in [-0.05, 0) is 51.8 Å². The highest BCUT2D eigenvalue weighted by Gasteiger charge is 2.07. The number of anilines is 1. The fourth-order valence-corrected chi connectivity index (χ4v) is 2.41. The smallest absolute Gasteiger partial charge is 0.251 e. The van der Waals surface area contributed by atoms with Crippen LogP contribution in [-0.4, -0.2) is 18.1 Å². The van der Waals surface area contributed by atoms with E-state index in [1.807, 2.05) is 12.1 Å². The summed E-state index contributed by atoms with van der Waals surface area (Å²) >= 11 is 9.39. The topological polar surface area (TPSA) is 61.4 Å². The molecule has 0 spiro atoms. The van der Waals surface area contributed by atoms with Crippen LogP contribution < -0.4 is 10.6 Å². The van der Waals surface area contributed by atoms with Crippen molar-refractivity contribution in [3.8, 4) is 5.75 Å². The minimum Gasteiger partial charge on any atom is -0.507 e. The van der Waals surface area contributed by atoms with Crippen molar-refractivity contribution in [2.24, 2.45) is 0 Å². The second-order valence-corrected chi connectivity index (χ2v) is 5.67. The van der Waals surface area contributed by atoms with Crippen LogP contribution in [0.5, 0.6) is 5.75 Å². The first-order valence-corrected chi connectivity index (χ1v) is 7.41. The summed E-state index contributed by atoms with van der Waals surface area (Å²) in [5.41, 5.74) is 2.19. The molecule has 21 heavy (non-hydrogen) atoms. The summed E-state index contributed by atoms with van der Waals surface area (Å²) in [6.07, 6.45) is 0. The summed E-state index contributed by atoms with van der Waals surface area (Å²) in [6.45, 7) is 0.524. The van der Waals surface area contributed by atoms with Gasteiger partial charge in [-0.15, -0.1) is 0 Å². The summed E-state index contributed by atoms with van der Waals surface area (Å²) < 4.78 is 0.631. The molecular formula is C15H14BrClN2O2. The average Bonchev–Trinajstić information content (AvgIpc) is 2.49. The van der Waals surface area contributed by atoms with Crippen LogP contribution in [0.4, 0.5) is 5.69 Å². The molecule has 0 bridgehead atoms. The van der Waals surface area contributed by atoms with Crippen molar-refractivity contribution >= 4 is 39.1 Å². The number of halogens is 2. The lowest BCUT2D eigenvalue weighted by molar-refractivity contribution is 0.0963. The van der Waals surface area contributed by atoms with Crippen molar-refractivity contribution in [1.29, 1.82) is 0 Å². The Morgan fingerprint density at radius 2 is 2.05 bits per heavy atom. The molecule has 2 rings (SSSR count). The summed E-state index contributed by atoms with van der Waals surface area (Å²) in [5.74, 6) is 0.0282. The maximum Gasteiger partial charge on any atom is 0.251 e. The van der Waals surface area contributed by atoms with Gasteiger partial charge < -0.3 is 15.7 Å². The Hall–Kier alpha value is -1.72. The van der Waals surface area contributed by atoms with Gasteiger partial charge in [-0.25, -0.2) is 0 Å². The predicted molar refractivity (Wildman–Crippen MR) is 88.0 cm³/mol. The van der Waals surface area contributed by atoms with Crippen molar-refractivity contribution in [3.63, 3.8) is 0 Å². The van der Waals surface area contributed by atoms with E-state index in [4.69, 9.17) is 11.6 Å². The van der Waals surface area contributed by atoms with Crippen molar-refractivity contribution in [3.05, 3.63) is 57.0 Å². The molecule has 4 nitrogen and oxygen atoms in total. The third kappa shape index (κ3) is 3.89. The molecule has 6 heteroatoms. The van der Waals surface area contributed by atoms with Crippen molar-refractivity contribution < 1.29 is 9.90 Å². The van der Waals surface area contributed by atoms with Crippen LogP contribution in [0.25, 0.3) is 0 Å². The first-order valence-electron chi connectivity index (χ1n) is 6.24. The predicted octanol–water partition coefficient (Wildman–Crippen LogP) is 3.78. The van der Waals surface area contributed by atoms with Crippen LogP contribution in [0.3, 0.4) is 0 Å². The van der Waals surface area contributed by atoms with Crippen LogP contribution in [0.2, 0.25) is 5.02 Å². The third-order valence-corrected chi connectivity index (χ3v) is 3.92. The fraction of sp³-hybridized carbons (Fsp3) is 0.133. The zero-order valence-electron chi connectivity index (χ0n) is 11.3. The van der Waals surface area contributed by atoms with E-state index in [0.717, 1.165) is 5.56 Å². The maximum absolute atomic E-state index is 11.6. The van der Waals surface area contributed by atoms with Gasteiger partial charge in [0.05, 0.1) is 15.2 Å². The van der Waals surface area contributed by atoms with Crippen LogP contribution in [0.1, 0.15) is 15.9 Å². The van der Waals surface area contributed by atoms with Gasteiger partial charge >= 0.3 is 0 Å². The van der Waals surface area contributed by atoms with E-state index in [0.29, 0.717) is 27.3 Å². The largest absolute Gasteiger partial charge is 0.507 e. The summed E-state index contributed by atoms with van der Waals surface area (Å²) in [6, 6.07) is 10.3. The molecule has 110 valence electrons. The van der Waals surface area contributed by atoms with Gasteiger partial charge in [0.15, 0.2) is 0 Å². The molecule has 0 aliphatic heterocycles. The van der Waals surface area contributed by atoms with Gasteiger partial charge in [-0.2, -0.15) is 0 Å². The summed E-state index contributed by atoms with van der Waals surface area (Å²) in [5, 5.41) is 15.8. The van der Waals surface area contributed by atoms with Gasteiger partial charge in [0.1, 0.15) is 5.75 Å². The zero-order chi connectivity index (χ0) is 15.4. The van der Waals surface area contributed by atoms with Crippen LogP contribution in [0, 0.1) is 0 Å². The van der Waals surface area contributed by atoms with E-state index >= 15 is 0 Å². The molecule has 2 aromatic carbocycles. The van der Waals surface area contributed by atoms with Crippen LogP contribution >= 0.6 is 27.5 Å². The second kappa shape index (κ2) is 6.83. The number of phenols is 1. The van der Waals surface area contributed by atoms with Gasteiger partial charge in [-0.3, -0.25) is 4.79 Å². The lowest BCUT2D eigenvalue weighted by Crippen LogP contribution is -2.17. The number of benzene rings is 2. The fourth-order valence-electron chi connectivity index (χ4n) is 1.80. The maximum atomic E-state index is 11.6. The highest BCUT2D eigenvalue weighted by Crippen LogP contribution is 2.26. The molecule has 0 heterocycles. The number of phenolic OH excluding ortho intramolecular Hbond substituents is 1. The van der Waals surface area contributed by atoms with Gasteiger partial charge in [0.2, 0.25) is 0 Å². The number of carbonyl (C=O) groups excluding carboxylic acids is 1. The second-order valence-electron chi connectivity index (χ2n) is 4.41. The molecule has 2 aromatic rings. The number of hydrogen-bond acceptors (Lipinski definition) is 3. The third-order valence-electron chi connectivity index (χ3n) is 2.95. The molecule has 0 aliphatic rings. The Morgan fingerprint density at radius 1 is 1.29 bits per heavy atom. The molecule has 0 fully saturated rings. The van der Waals surface area contributed by atoms with E-state index in [2.05, 4.69) is 26.6 Å². The molecule has 0 radical (unpaired) electrons. The first kappa shape index (κ1) is 15.7. The molecule has 0 saturated carbocycles. The Bertz CT molecular complexity index is 677. The average molecular weight is 370 g/mol. The molecule has 0 atom stereocenters. The molecule has 0 saturated heterocycles. The number of aromatic hydroxyl groups is 1. The minimum atomic E-state index is -0.165. The Kier molecular flexibility index (Phi) is 5.09. The summed E-state index contributed by atoms with van der Waals surface area (Å²) in [7, 11) is 1.58. The lowest BCUT2D eigenvalue weighted by Gasteiger charge is -2.11. The van der Waals surface area contributed by atoms with Gasteiger partial charge in [0.25, 0.3) is 5.91 Å². The number of nitrogens with one attached hydrogen (secondary N) is 2. The van der Waals surface area contributed by atoms with Crippen molar-refractivity contribution in [2.45, 2.75) is 6.54 Å². The van der Waals surface area contributed by atoms with E-state index in [1.165, 1.54) is 0 Å². The van der Waals surface area contributed by atoms with E-state index in [1.54, 1.807) is 31.3 Å². The Balaban J connectivity index is 2.15. The SMILES string of the molecule is CNC(=O)c1ccc(Cl)c(NCc2ccc(O)c(Br)c2)c1. The number of amides is 1.